The second-order valence-electron chi connectivity index (χ2n) is 19.5. The van der Waals surface area contributed by atoms with Crippen molar-refractivity contribution in [2.24, 2.45) is 0 Å². The van der Waals surface area contributed by atoms with Gasteiger partial charge in [0.1, 0.15) is 13.1 Å². The summed E-state index contributed by atoms with van der Waals surface area (Å²) in [7, 11) is 0.385. The first-order valence-corrected chi connectivity index (χ1v) is 28.2. The number of halogens is 2. The average Bonchev–Trinajstić information content (AvgIpc) is 3.82. The van der Waals surface area contributed by atoms with Crippen LogP contribution in [0.1, 0.15) is 231 Å². The van der Waals surface area contributed by atoms with E-state index in [0.29, 0.717) is 31.6 Å². The Balaban J connectivity index is 0.000000499. The number of anilines is 1. The standard InChI is InChI=1S/C27H38N2.C18H33P.C6H6.C5H12.CH2Cl2.O2.Pd/c1-18(2)22-11-9-12-23(19(3)4)26(22)28-15-16-29(17-28)27-24(20(5)6)13-10-14-25(27)21(7)8;1-4-10-16(11-5-1)19(17-12-6-2-7-13-17)18-14-8-3-9-15-18;1-2-4-6-5-3-1;1-3-5-4-2;2-1-3;1-2;/h9-14,18-21H,15-16H2,1-8H3;16-18H,1-15H2;1-6H;3-5H2,1-2H3;1H2;;/q;;;;;-2;+2. The smallest absolute Gasteiger partial charge is 1.00 e. The first kappa shape index (κ1) is 61.7. The van der Waals surface area contributed by atoms with Gasteiger partial charge < -0.3 is 20.0 Å². The minimum Gasteiger partial charge on any atom is -1.00 e. The summed E-state index contributed by atoms with van der Waals surface area (Å²) >= 11 is 9.53. The molecule has 3 fully saturated rings. The monoisotopic (exact) mass is 1040 g/mol. The molecule has 0 aromatic heterocycles. The van der Waals surface area contributed by atoms with Crippen LogP contribution in [-0.4, -0.2) is 46.3 Å². The van der Waals surface area contributed by atoms with Crippen LogP contribution in [0.25, 0.3) is 0 Å². The van der Waals surface area contributed by atoms with E-state index in [1.165, 1.54) is 89.1 Å². The summed E-state index contributed by atoms with van der Waals surface area (Å²) in [5, 5.41) is 14.2. The van der Waals surface area contributed by atoms with Gasteiger partial charge in [-0.25, -0.2) is 0 Å². The van der Waals surface area contributed by atoms with Gasteiger partial charge in [-0.2, -0.15) is 0 Å². The van der Waals surface area contributed by atoms with E-state index in [1.807, 2.05) is 36.4 Å². The van der Waals surface area contributed by atoms with Gasteiger partial charge in [0.2, 0.25) is 6.34 Å². The molecule has 0 saturated heterocycles. The third-order valence-electron chi connectivity index (χ3n) is 13.4. The molecule has 4 aliphatic rings. The number of hydrogen-bond acceptors (Lipinski definition) is 3. The first-order valence-electron chi connectivity index (χ1n) is 25.6. The summed E-state index contributed by atoms with van der Waals surface area (Å²) in [6.45, 7) is 24.7. The van der Waals surface area contributed by atoms with Gasteiger partial charge in [-0.05, 0) is 79.2 Å². The number of unbranched alkanes of at least 4 members (excludes halogenated alkanes) is 2. The molecular weight excluding hydrogens is 953 g/mol. The third-order valence-corrected chi connectivity index (χ3v) is 17.5. The van der Waals surface area contributed by atoms with Gasteiger partial charge >= 0.3 is 20.4 Å². The van der Waals surface area contributed by atoms with Crippen LogP contribution in [0, 0.1) is 0 Å². The molecule has 0 N–H and O–H groups in total. The fraction of sp³-hybridized carbons (Fsp3) is 0.667. The van der Waals surface area contributed by atoms with Crippen molar-refractivity contribution in [1.82, 2.24) is 0 Å². The zero-order chi connectivity index (χ0) is 47.3. The summed E-state index contributed by atoms with van der Waals surface area (Å²) in [5.41, 5.74) is 12.0. The molecule has 0 amide bonds. The molecule has 1 aliphatic heterocycles. The molecule has 4 nitrogen and oxygen atoms in total. The minimum absolute atomic E-state index is 0. The SMILES string of the molecule is C1CCC(P(C2CCCCC2)C2CCCCC2)CC1.CC(C)c1cccc(C(C)C)c1N1[C-]=[N+](c2c(C(C)C)cccc2C(C)C)CC1.CCCCC.ClCCl.[O-][O-].[Pd+2].c1ccccc1. The number of hydrogen-bond donors (Lipinski definition) is 0. The summed E-state index contributed by atoms with van der Waals surface area (Å²) < 4.78 is 2.38. The maximum atomic E-state index is 7.00. The van der Waals surface area contributed by atoms with E-state index in [2.05, 4.69) is 121 Å². The fourth-order valence-electron chi connectivity index (χ4n) is 10.2. The Morgan fingerprint density at radius 1 is 0.554 bits per heavy atom. The molecule has 0 radical (unpaired) electrons. The number of para-hydroxylation sites is 2. The second-order valence-corrected chi connectivity index (χ2v) is 23.4. The predicted molar refractivity (Wildman–Crippen MR) is 282 cm³/mol. The molecule has 8 heteroatoms. The Bertz CT molecular complexity index is 1510. The van der Waals surface area contributed by atoms with Gasteiger partial charge in [0.05, 0.1) is 5.34 Å². The summed E-state index contributed by atoms with van der Waals surface area (Å²) in [6, 6.07) is 25.6. The maximum Gasteiger partial charge on any atom is 2.00 e. The van der Waals surface area contributed by atoms with E-state index in [0.717, 1.165) is 13.1 Å². The minimum atomic E-state index is 0. The molecule has 7 rings (SSSR count). The quantitative estimate of drug-likeness (QED) is 0.0366. The number of rotatable bonds is 11. The maximum absolute atomic E-state index is 7.00. The molecule has 3 aromatic rings. The van der Waals surface area contributed by atoms with E-state index in [9.17, 15) is 0 Å². The molecule has 0 spiro atoms. The summed E-state index contributed by atoms with van der Waals surface area (Å²) in [5.74, 6) is 1.98. The van der Waals surface area contributed by atoms with Gasteiger partial charge in [-0.15, -0.1) is 23.2 Å². The first-order chi connectivity index (χ1) is 31.0. The van der Waals surface area contributed by atoms with Gasteiger partial charge in [0.25, 0.3) is 0 Å². The largest absolute Gasteiger partial charge is 2.00 e. The van der Waals surface area contributed by atoms with Crippen molar-refractivity contribution in [3.63, 3.8) is 0 Å². The van der Waals surface area contributed by atoms with E-state index in [4.69, 9.17) is 33.7 Å². The van der Waals surface area contributed by atoms with Crippen LogP contribution in [0.3, 0.4) is 0 Å². The summed E-state index contributed by atoms with van der Waals surface area (Å²) in [6.07, 6.45) is 31.5. The zero-order valence-electron chi connectivity index (χ0n) is 42.5. The molecule has 0 atom stereocenters. The van der Waals surface area contributed by atoms with Crippen LogP contribution in [-0.2, 0) is 20.4 Å². The molecule has 3 aromatic carbocycles. The van der Waals surface area contributed by atoms with Gasteiger partial charge in [-0.3, -0.25) is 0 Å². The molecule has 65 heavy (non-hydrogen) atoms. The summed E-state index contributed by atoms with van der Waals surface area (Å²) in [4.78, 5) is 2.38. The van der Waals surface area contributed by atoms with Crippen molar-refractivity contribution in [3.8, 4) is 0 Å². The second kappa shape index (κ2) is 36.7. The number of benzene rings is 3. The zero-order valence-corrected chi connectivity index (χ0v) is 46.5. The molecule has 370 valence electrons. The molecule has 3 aliphatic carbocycles. The van der Waals surface area contributed by atoms with Gasteiger partial charge in [0.15, 0.2) is 0 Å². The Morgan fingerprint density at radius 3 is 1.14 bits per heavy atom. The molecule has 1 heterocycles. The van der Waals surface area contributed by atoms with Crippen molar-refractivity contribution in [3.05, 3.63) is 95.1 Å². The van der Waals surface area contributed by atoms with Crippen molar-refractivity contribution >= 4 is 48.8 Å². The van der Waals surface area contributed by atoms with Crippen LogP contribution in [0.5, 0.6) is 0 Å². The predicted octanol–water partition coefficient (Wildman–Crippen LogP) is 16.6. The van der Waals surface area contributed by atoms with Gasteiger partial charge in [-0.1, -0.05) is 249 Å². The Morgan fingerprint density at radius 2 is 0.862 bits per heavy atom. The Labute approximate surface area is 425 Å². The third kappa shape index (κ3) is 21.5. The van der Waals surface area contributed by atoms with Crippen molar-refractivity contribution in [2.75, 3.05) is 23.3 Å². The van der Waals surface area contributed by atoms with E-state index in [-0.39, 0.29) is 25.8 Å². The van der Waals surface area contributed by atoms with Crippen LogP contribution in [0.4, 0.5) is 11.4 Å². The van der Waals surface area contributed by atoms with E-state index >= 15 is 0 Å². The van der Waals surface area contributed by atoms with Crippen molar-refractivity contribution in [1.29, 1.82) is 0 Å². The number of nitrogens with zero attached hydrogens (tertiary/aromatic N) is 2. The van der Waals surface area contributed by atoms with Crippen LogP contribution >= 0.6 is 31.1 Å². The van der Waals surface area contributed by atoms with Gasteiger partial charge in [0, 0.05) is 11.4 Å². The molecule has 0 bridgehead atoms. The van der Waals surface area contributed by atoms with Crippen molar-refractivity contribution in [2.45, 2.75) is 225 Å². The van der Waals surface area contributed by atoms with Crippen LogP contribution < -0.4 is 15.4 Å². The van der Waals surface area contributed by atoms with Crippen LogP contribution in [0.15, 0.2) is 72.8 Å². The average molecular weight is 1040 g/mol. The van der Waals surface area contributed by atoms with E-state index < -0.39 is 0 Å². The van der Waals surface area contributed by atoms with Crippen molar-refractivity contribution < 1.29 is 35.5 Å². The van der Waals surface area contributed by atoms with Crippen LogP contribution in [0.2, 0.25) is 0 Å². The topological polar surface area (TPSA) is 52.4 Å². The Hall–Kier alpha value is -1.28. The number of alkyl halides is 2. The molecule has 0 unspecified atom stereocenters. The molecular formula is C57H91Cl2N2O2PPd. The molecule has 3 saturated carbocycles. The Kier molecular flexibility index (Phi) is 34.8. The fourth-order valence-corrected chi connectivity index (χ4v) is 14.9. The van der Waals surface area contributed by atoms with E-state index in [1.54, 1.807) is 77.0 Å². The normalized spacial score (nSPS) is 16.7.